The van der Waals surface area contributed by atoms with Crippen molar-refractivity contribution < 1.29 is 9.53 Å². The third-order valence-corrected chi connectivity index (χ3v) is 4.08. The second kappa shape index (κ2) is 6.82. The molecule has 0 aliphatic rings. The first kappa shape index (κ1) is 14.9. The Hall–Kier alpha value is -1.45. The molecular weight excluding hydrogens is 292 g/mol. The highest BCUT2D eigenvalue weighted by atomic mass is 35.5. The van der Waals surface area contributed by atoms with E-state index < -0.39 is 0 Å². The van der Waals surface area contributed by atoms with E-state index in [2.05, 4.69) is 0 Å². The zero-order chi connectivity index (χ0) is 14.5. The molecule has 0 N–H and O–H groups in total. The number of ketones is 1. The number of thioether (sulfide) groups is 1. The molecule has 0 saturated carbocycles. The Bertz CT molecular complexity index is 608. The van der Waals surface area contributed by atoms with Gasteiger partial charge < -0.3 is 4.74 Å². The minimum atomic E-state index is -0.0368. The summed E-state index contributed by atoms with van der Waals surface area (Å²) in [7, 11) is 0. The summed E-state index contributed by atoms with van der Waals surface area (Å²) in [6.45, 7) is 1.93. The third kappa shape index (κ3) is 3.78. The molecule has 0 spiro atoms. The molecule has 0 bridgehead atoms. The van der Waals surface area contributed by atoms with Crippen LogP contribution in [0.3, 0.4) is 0 Å². The fourth-order valence-corrected chi connectivity index (χ4v) is 2.24. The average molecular weight is 307 g/mol. The van der Waals surface area contributed by atoms with Crippen LogP contribution in [0.1, 0.15) is 15.9 Å². The maximum absolute atomic E-state index is 12.0. The van der Waals surface area contributed by atoms with E-state index in [-0.39, 0.29) is 12.4 Å². The Kier molecular flexibility index (Phi) is 5.10. The molecule has 0 aliphatic heterocycles. The number of halogens is 1. The van der Waals surface area contributed by atoms with Crippen molar-refractivity contribution in [1.82, 2.24) is 0 Å². The fourth-order valence-electron chi connectivity index (χ4n) is 1.72. The van der Waals surface area contributed by atoms with Gasteiger partial charge in [0.15, 0.2) is 12.4 Å². The number of Topliss-reactive ketones (excluding diaryl/α,β-unsaturated/α-hetero) is 1. The van der Waals surface area contributed by atoms with Gasteiger partial charge in [-0.1, -0.05) is 23.7 Å². The summed E-state index contributed by atoms with van der Waals surface area (Å²) in [6, 6.07) is 12.9. The van der Waals surface area contributed by atoms with Crippen molar-refractivity contribution in [3.05, 3.63) is 58.6 Å². The second-order valence-electron chi connectivity index (χ2n) is 4.35. The lowest BCUT2D eigenvalue weighted by molar-refractivity contribution is 0.0921. The van der Waals surface area contributed by atoms with Gasteiger partial charge in [-0.3, -0.25) is 4.79 Å². The molecule has 0 aromatic heterocycles. The van der Waals surface area contributed by atoms with Crippen molar-refractivity contribution in [3.8, 4) is 5.75 Å². The molecule has 0 amide bonds. The van der Waals surface area contributed by atoms with Gasteiger partial charge in [-0.2, -0.15) is 0 Å². The van der Waals surface area contributed by atoms with E-state index >= 15 is 0 Å². The molecule has 0 saturated heterocycles. The van der Waals surface area contributed by atoms with Crippen LogP contribution in [-0.4, -0.2) is 18.6 Å². The van der Waals surface area contributed by atoms with Gasteiger partial charge in [-0.05, 0) is 49.1 Å². The minimum Gasteiger partial charge on any atom is -0.485 e. The molecular formula is C16H15ClO2S. The van der Waals surface area contributed by atoms with Crippen molar-refractivity contribution in [2.75, 3.05) is 12.9 Å². The quantitative estimate of drug-likeness (QED) is 0.595. The number of hydrogen-bond acceptors (Lipinski definition) is 3. The molecule has 2 aromatic rings. The summed E-state index contributed by atoms with van der Waals surface area (Å²) in [5.41, 5.74) is 1.59. The molecule has 20 heavy (non-hydrogen) atoms. The smallest absolute Gasteiger partial charge is 0.200 e. The summed E-state index contributed by atoms with van der Waals surface area (Å²) in [6.07, 6.45) is 2.00. The Labute approximate surface area is 128 Å². The number of carbonyl (C=O) groups excluding carboxylic acids is 1. The third-order valence-electron chi connectivity index (χ3n) is 2.91. The molecule has 0 unspecified atom stereocenters. The normalized spacial score (nSPS) is 10.3. The highest BCUT2D eigenvalue weighted by molar-refractivity contribution is 7.98. The minimum absolute atomic E-state index is 0.0275. The van der Waals surface area contributed by atoms with E-state index in [1.165, 1.54) is 0 Å². The van der Waals surface area contributed by atoms with Crippen LogP contribution in [0.5, 0.6) is 5.75 Å². The molecule has 2 rings (SSSR count). The zero-order valence-corrected chi connectivity index (χ0v) is 12.9. The first-order valence-corrected chi connectivity index (χ1v) is 7.76. The van der Waals surface area contributed by atoms with Crippen molar-refractivity contribution in [2.24, 2.45) is 0 Å². The van der Waals surface area contributed by atoms with Crippen LogP contribution in [0.2, 0.25) is 5.02 Å². The first-order chi connectivity index (χ1) is 9.60. The molecule has 104 valence electrons. The van der Waals surface area contributed by atoms with Crippen molar-refractivity contribution in [2.45, 2.75) is 11.8 Å². The highest BCUT2D eigenvalue weighted by Crippen LogP contribution is 2.21. The van der Waals surface area contributed by atoms with Gasteiger partial charge in [-0.25, -0.2) is 0 Å². The summed E-state index contributed by atoms with van der Waals surface area (Å²) >= 11 is 7.59. The van der Waals surface area contributed by atoms with Crippen LogP contribution in [-0.2, 0) is 0 Å². The summed E-state index contributed by atoms with van der Waals surface area (Å²) < 4.78 is 5.50. The number of hydrogen-bond donors (Lipinski definition) is 0. The zero-order valence-electron chi connectivity index (χ0n) is 11.4. The van der Waals surface area contributed by atoms with Crippen LogP contribution in [0.4, 0.5) is 0 Å². The van der Waals surface area contributed by atoms with Crippen LogP contribution in [0, 0.1) is 6.92 Å². The Morgan fingerprint density at radius 1 is 1.20 bits per heavy atom. The van der Waals surface area contributed by atoms with Crippen LogP contribution in [0.25, 0.3) is 0 Å². The predicted molar refractivity (Wildman–Crippen MR) is 84.2 cm³/mol. The average Bonchev–Trinajstić information content (AvgIpc) is 2.48. The van der Waals surface area contributed by atoms with Crippen LogP contribution in [0.15, 0.2) is 47.4 Å². The molecule has 0 atom stereocenters. The molecule has 0 heterocycles. The highest BCUT2D eigenvalue weighted by Gasteiger charge is 2.07. The summed E-state index contributed by atoms with van der Waals surface area (Å²) in [5.74, 6) is 0.617. The topological polar surface area (TPSA) is 26.3 Å². The van der Waals surface area contributed by atoms with E-state index in [0.717, 1.165) is 10.5 Å². The standard InChI is InChI=1S/C16H15ClO2S/c1-11-9-13(5-8-15(11)17)19-10-16(18)12-3-6-14(20-2)7-4-12/h3-9H,10H2,1-2H3. The van der Waals surface area contributed by atoms with Crippen molar-refractivity contribution in [1.29, 1.82) is 0 Å². The van der Waals surface area contributed by atoms with Crippen molar-refractivity contribution >= 4 is 29.1 Å². The molecule has 0 radical (unpaired) electrons. The number of rotatable bonds is 5. The SMILES string of the molecule is CSc1ccc(C(=O)COc2ccc(Cl)c(C)c2)cc1. The molecule has 4 heteroatoms. The second-order valence-corrected chi connectivity index (χ2v) is 5.64. The molecule has 0 aliphatic carbocycles. The van der Waals surface area contributed by atoms with Crippen molar-refractivity contribution in [3.63, 3.8) is 0 Å². The van der Waals surface area contributed by atoms with E-state index in [9.17, 15) is 4.79 Å². The lowest BCUT2D eigenvalue weighted by Gasteiger charge is -2.07. The monoisotopic (exact) mass is 306 g/mol. The summed E-state index contributed by atoms with van der Waals surface area (Å²) in [5, 5.41) is 0.691. The first-order valence-electron chi connectivity index (χ1n) is 6.16. The van der Waals surface area contributed by atoms with Crippen LogP contribution < -0.4 is 4.74 Å². The Morgan fingerprint density at radius 2 is 1.90 bits per heavy atom. The summed E-state index contributed by atoms with van der Waals surface area (Å²) in [4.78, 5) is 13.1. The molecule has 2 aromatic carbocycles. The van der Waals surface area contributed by atoms with Crippen LogP contribution >= 0.6 is 23.4 Å². The van der Waals surface area contributed by atoms with E-state index in [1.807, 2.05) is 43.5 Å². The number of ether oxygens (including phenoxy) is 1. The van der Waals surface area contributed by atoms with Gasteiger partial charge in [0.05, 0.1) is 0 Å². The van der Waals surface area contributed by atoms with Gasteiger partial charge in [0.1, 0.15) is 5.75 Å². The molecule has 2 nitrogen and oxygen atoms in total. The van der Waals surface area contributed by atoms with E-state index in [0.29, 0.717) is 16.3 Å². The van der Waals surface area contributed by atoms with E-state index in [1.54, 1.807) is 23.9 Å². The van der Waals surface area contributed by atoms with Gasteiger partial charge in [0.25, 0.3) is 0 Å². The Balaban J connectivity index is 1.98. The number of aryl methyl sites for hydroxylation is 1. The number of benzene rings is 2. The number of carbonyl (C=O) groups is 1. The Morgan fingerprint density at radius 3 is 2.50 bits per heavy atom. The van der Waals surface area contributed by atoms with Gasteiger partial charge in [-0.15, -0.1) is 11.8 Å². The fraction of sp³-hybridized carbons (Fsp3) is 0.188. The largest absolute Gasteiger partial charge is 0.485 e. The molecule has 0 fully saturated rings. The maximum atomic E-state index is 12.0. The van der Waals surface area contributed by atoms with Gasteiger partial charge in [0.2, 0.25) is 0 Å². The lowest BCUT2D eigenvalue weighted by atomic mass is 10.1. The lowest BCUT2D eigenvalue weighted by Crippen LogP contribution is -2.11. The maximum Gasteiger partial charge on any atom is 0.200 e. The van der Waals surface area contributed by atoms with Gasteiger partial charge in [0, 0.05) is 15.5 Å². The van der Waals surface area contributed by atoms with E-state index in [4.69, 9.17) is 16.3 Å². The predicted octanol–water partition coefficient (Wildman–Crippen LogP) is 4.63. The van der Waals surface area contributed by atoms with Gasteiger partial charge >= 0.3 is 0 Å².